The van der Waals surface area contributed by atoms with Crippen LogP contribution in [0.15, 0.2) is 0 Å². The minimum Gasteiger partial charge on any atom is -0.480 e. The molecule has 1 aliphatic carbocycles. The molecule has 1 aliphatic rings. The zero-order valence-corrected chi connectivity index (χ0v) is 11.0. The van der Waals surface area contributed by atoms with Gasteiger partial charge in [0.2, 0.25) is 5.91 Å². The number of nitrogens with one attached hydrogen (secondary N) is 1. The van der Waals surface area contributed by atoms with Crippen LogP contribution >= 0.6 is 0 Å². The highest BCUT2D eigenvalue weighted by molar-refractivity contribution is 5.89. The highest BCUT2D eigenvalue weighted by Crippen LogP contribution is 2.38. The van der Waals surface area contributed by atoms with Gasteiger partial charge in [-0.15, -0.1) is 0 Å². The van der Waals surface area contributed by atoms with Crippen LogP contribution in [0.3, 0.4) is 0 Å². The van der Waals surface area contributed by atoms with Crippen molar-refractivity contribution in [3.63, 3.8) is 0 Å². The molecule has 0 heterocycles. The van der Waals surface area contributed by atoms with E-state index in [2.05, 4.69) is 5.32 Å². The second-order valence-electron chi connectivity index (χ2n) is 5.61. The van der Waals surface area contributed by atoms with Gasteiger partial charge in [-0.3, -0.25) is 4.79 Å². The van der Waals surface area contributed by atoms with Gasteiger partial charge in [0.25, 0.3) is 0 Å². The molecule has 0 saturated heterocycles. The fourth-order valence-corrected chi connectivity index (χ4v) is 2.51. The smallest absolute Gasteiger partial charge is 0.329 e. The van der Waals surface area contributed by atoms with Crippen LogP contribution in [-0.4, -0.2) is 22.5 Å². The molecule has 0 aromatic rings. The van der Waals surface area contributed by atoms with Gasteiger partial charge < -0.3 is 10.4 Å². The SMILES string of the molecule is CCCC(C)(NC(=O)C1(C)CCCC1)C(=O)O. The summed E-state index contributed by atoms with van der Waals surface area (Å²) in [6.07, 6.45) is 5.04. The monoisotopic (exact) mass is 241 g/mol. The summed E-state index contributed by atoms with van der Waals surface area (Å²) in [5.74, 6) is -1.05. The van der Waals surface area contributed by atoms with Gasteiger partial charge in [-0.1, -0.05) is 33.1 Å². The van der Waals surface area contributed by atoms with Crippen molar-refractivity contribution in [1.29, 1.82) is 0 Å². The summed E-state index contributed by atoms with van der Waals surface area (Å²) in [6, 6.07) is 0. The zero-order chi connectivity index (χ0) is 13.1. The maximum atomic E-state index is 12.2. The first-order valence-electron chi connectivity index (χ1n) is 6.40. The molecule has 0 aliphatic heterocycles. The maximum Gasteiger partial charge on any atom is 0.329 e. The van der Waals surface area contributed by atoms with E-state index >= 15 is 0 Å². The molecule has 4 nitrogen and oxygen atoms in total. The molecule has 1 atom stereocenters. The molecule has 4 heteroatoms. The average molecular weight is 241 g/mol. The quantitative estimate of drug-likeness (QED) is 0.776. The first-order chi connectivity index (χ1) is 7.84. The molecule has 0 aromatic heterocycles. The second-order valence-corrected chi connectivity index (χ2v) is 5.61. The van der Waals surface area contributed by atoms with Crippen molar-refractivity contribution in [3.05, 3.63) is 0 Å². The Kier molecular flexibility index (Phi) is 4.17. The van der Waals surface area contributed by atoms with E-state index in [1.54, 1.807) is 6.92 Å². The lowest BCUT2D eigenvalue weighted by atomic mass is 9.85. The molecule has 1 amide bonds. The molecule has 0 spiro atoms. The summed E-state index contributed by atoms with van der Waals surface area (Å²) in [6.45, 7) is 5.45. The predicted octanol–water partition coefficient (Wildman–Crippen LogP) is 2.33. The number of hydrogen-bond acceptors (Lipinski definition) is 2. The molecule has 1 saturated carbocycles. The largest absolute Gasteiger partial charge is 0.480 e. The van der Waals surface area contributed by atoms with Crippen molar-refractivity contribution in [2.24, 2.45) is 5.41 Å². The molecule has 0 aromatic carbocycles. The fraction of sp³-hybridized carbons (Fsp3) is 0.846. The Hall–Kier alpha value is -1.06. The molecular weight excluding hydrogens is 218 g/mol. The van der Waals surface area contributed by atoms with Gasteiger partial charge in [0.15, 0.2) is 0 Å². The van der Waals surface area contributed by atoms with Crippen molar-refractivity contribution in [2.45, 2.75) is 64.8 Å². The summed E-state index contributed by atoms with van der Waals surface area (Å²) >= 11 is 0. The van der Waals surface area contributed by atoms with Gasteiger partial charge in [-0.25, -0.2) is 4.79 Å². The second kappa shape index (κ2) is 5.07. The van der Waals surface area contributed by atoms with Gasteiger partial charge in [-0.05, 0) is 26.2 Å². The van der Waals surface area contributed by atoms with Crippen LogP contribution in [0, 0.1) is 5.41 Å². The molecule has 0 bridgehead atoms. The van der Waals surface area contributed by atoms with Crippen molar-refractivity contribution in [1.82, 2.24) is 5.32 Å². The van der Waals surface area contributed by atoms with E-state index in [9.17, 15) is 14.7 Å². The van der Waals surface area contributed by atoms with Crippen LogP contribution < -0.4 is 5.32 Å². The molecule has 1 fully saturated rings. The zero-order valence-electron chi connectivity index (χ0n) is 11.0. The summed E-state index contributed by atoms with van der Waals surface area (Å²) in [5, 5.41) is 12.0. The molecule has 98 valence electrons. The third kappa shape index (κ3) is 2.99. The van der Waals surface area contributed by atoms with E-state index in [1.807, 2.05) is 13.8 Å². The highest BCUT2D eigenvalue weighted by Gasteiger charge is 2.42. The van der Waals surface area contributed by atoms with Gasteiger partial charge in [0.05, 0.1) is 0 Å². The Morgan fingerprint density at radius 2 is 1.88 bits per heavy atom. The van der Waals surface area contributed by atoms with E-state index in [0.29, 0.717) is 6.42 Å². The number of aliphatic carboxylic acids is 1. The standard InChI is InChI=1S/C13H23NO3/c1-4-7-13(3,11(16)17)14-10(15)12(2)8-5-6-9-12/h4-9H2,1-3H3,(H,14,15)(H,16,17). The van der Waals surface area contributed by atoms with E-state index in [-0.39, 0.29) is 11.3 Å². The van der Waals surface area contributed by atoms with Gasteiger partial charge in [-0.2, -0.15) is 0 Å². The number of amides is 1. The highest BCUT2D eigenvalue weighted by atomic mass is 16.4. The minimum absolute atomic E-state index is 0.103. The maximum absolute atomic E-state index is 12.2. The molecule has 1 rings (SSSR count). The average Bonchev–Trinajstić information content (AvgIpc) is 2.66. The Morgan fingerprint density at radius 3 is 2.29 bits per heavy atom. The van der Waals surface area contributed by atoms with Crippen LogP contribution in [0.5, 0.6) is 0 Å². The van der Waals surface area contributed by atoms with Crippen molar-refractivity contribution < 1.29 is 14.7 Å². The Bertz CT molecular complexity index is 308. The van der Waals surface area contributed by atoms with Crippen LogP contribution in [0.4, 0.5) is 0 Å². The fourth-order valence-electron chi connectivity index (χ4n) is 2.51. The van der Waals surface area contributed by atoms with Crippen molar-refractivity contribution in [2.75, 3.05) is 0 Å². The third-order valence-electron chi connectivity index (χ3n) is 3.87. The van der Waals surface area contributed by atoms with Crippen LogP contribution in [0.1, 0.15) is 59.3 Å². The van der Waals surface area contributed by atoms with E-state index < -0.39 is 11.5 Å². The molecular formula is C13H23NO3. The van der Waals surface area contributed by atoms with Crippen LogP contribution in [0.25, 0.3) is 0 Å². The van der Waals surface area contributed by atoms with E-state index in [4.69, 9.17) is 0 Å². The Balaban J connectivity index is 2.74. The normalized spacial score (nSPS) is 21.8. The lowest BCUT2D eigenvalue weighted by Crippen LogP contribution is -2.55. The lowest BCUT2D eigenvalue weighted by molar-refractivity contribution is -0.149. The van der Waals surface area contributed by atoms with Crippen LogP contribution in [0.2, 0.25) is 0 Å². The summed E-state index contributed by atoms with van der Waals surface area (Å²) in [7, 11) is 0. The van der Waals surface area contributed by atoms with Gasteiger partial charge in [0.1, 0.15) is 5.54 Å². The number of carbonyl (C=O) groups is 2. The number of hydrogen-bond donors (Lipinski definition) is 2. The van der Waals surface area contributed by atoms with E-state index in [1.165, 1.54) is 0 Å². The molecule has 1 unspecified atom stereocenters. The minimum atomic E-state index is -1.13. The third-order valence-corrected chi connectivity index (χ3v) is 3.87. The van der Waals surface area contributed by atoms with Gasteiger partial charge >= 0.3 is 5.97 Å². The number of carboxylic acid groups (broad SMARTS) is 1. The summed E-state index contributed by atoms with van der Waals surface area (Å²) in [5.41, 5.74) is -1.50. The topological polar surface area (TPSA) is 66.4 Å². The van der Waals surface area contributed by atoms with Crippen molar-refractivity contribution in [3.8, 4) is 0 Å². The van der Waals surface area contributed by atoms with Crippen molar-refractivity contribution >= 4 is 11.9 Å². The first-order valence-corrected chi connectivity index (χ1v) is 6.40. The number of carbonyl (C=O) groups excluding carboxylic acids is 1. The number of rotatable bonds is 5. The Labute approximate surface area is 103 Å². The predicted molar refractivity (Wildman–Crippen MR) is 65.7 cm³/mol. The molecule has 0 radical (unpaired) electrons. The summed E-state index contributed by atoms with van der Waals surface area (Å²) < 4.78 is 0. The lowest BCUT2D eigenvalue weighted by Gasteiger charge is -2.31. The van der Waals surface area contributed by atoms with Gasteiger partial charge in [0, 0.05) is 5.41 Å². The number of carboxylic acids is 1. The molecule has 17 heavy (non-hydrogen) atoms. The van der Waals surface area contributed by atoms with Crippen LogP contribution in [-0.2, 0) is 9.59 Å². The summed E-state index contributed by atoms with van der Waals surface area (Å²) in [4.78, 5) is 23.4. The van der Waals surface area contributed by atoms with E-state index in [0.717, 1.165) is 32.1 Å². The Morgan fingerprint density at radius 1 is 1.35 bits per heavy atom. The molecule has 2 N–H and O–H groups in total. The first kappa shape index (κ1) is 14.0.